The Bertz CT molecular complexity index is 575. The van der Waals surface area contributed by atoms with Gasteiger partial charge in [0.15, 0.2) is 11.5 Å². The highest BCUT2D eigenvalue weighted by Gasteiger charge is 2.07. The van der Waals surface area contributed by atoms with Crippen molar-refractivity contribution >= 4 is 22.7 Å². The van der Waals surface area contributed by atoms with Crippen molar-refractivity contribution in [3.05, 3.63) is 24.1 Å². The zero-order chi connectivity index (χ0) is 13.8. The van der Waals surface area contributed by atoms with Crippen molar-refractivity contribution in [1.82, 2.24) is 4.98 Å². The molecule has 0 spiro atoms. The van der Waals surface area contributed by atoms with Crippen LogP contribution >= 0.6 is 0 Å². The summed E-state index contributed by atoms with van der Waals surface area (Å²) < 4.78 is 5.52. The fraction of sp³-hybridized carbons (Fsp3) is 0.429. The second kappa shape index (κ2) is 5.84. The SMILES string of the molecule is CCc1nc2cc(NC(=O)CCC(C)N)ccc2o1. The Morgan fingerprint density at radius 2 is 2.32 bits per heavy atom. The molecule has 0 aliphatic heterocycles. The highest BCUT2D eigenvalue weighted by molar-refractivity contribution is 5.92. The molecule has 2 rings (SSSR count). The monoisotopic (exact) mass is 261 g/mol. The van der Waals surface area contributed by atoms with Gasteiger partial charge in [-0.05, 0) is 31.5 Å². The van der Waals surface area contributed by atoms with Crippen LogP contribution < -0.4 is 11.1 Å². The number of nitrogens with two attached hydrogens (primary N) is 1. The van der Waals surface area contributed by atoms with E-state index in [0.717, 1.165) is 23.2 Å². The lowest BCUT2D eigenvalue weighted by Crippen LogP contribution is -2.19. The lowest BCUT2D eigenvalue weighted by molar-refractivity contribution is -0.116. The molecule has 5 heteroatoms. The van der Waals surface area contributed by atoms with Gasteiger partial charge in [-0.1, -0.05) is 6.92 Å². The summed E-state index contributed by atoms with van der Waals surface area (Å²) in [6, 6.07) is 5.50. The van der Waals surface area contributed by atoms with Gasteiger partial charge in [0.25, 0.3) is 0 Å². The number of fused-ring (bicyclic) bond motifs is 1. The Morgan fingerprint density at radius 1 is 1.53 bits per heavy atom. The summed E-state index contributed by atoms with van der Waals surface area (Å²) >= 11 is 0. The van der Waals surface area contributed by atoms with Crippen LogP contribution in [0, 0.1) is 0 Å². The number of nitrogens with zero attached hydrogens (tertiary/aromatic N) is 1. The van der Waals surface area contributed by atoms with Crippen molar-refractivity contribution < 1.29 is 9.21 Å². The molecule has 1 atom stereocenters. The average molecular weight is 261 g/mol. The van der Waals surface area contributed by atoms with E-state index in [4.69, 9.17) is 10.2 Å². The molecule has 19 heavy (non-hydrogen) atoms. The van der Waals surface area contributed by atoms with Crippen molar-refractivity contribution in [3.8, 4) is 0 Å². The van der Waals surface area contributed by atoms with Crippen LogP contribution in [0.3, 0.4) is 0 Å². The molecule has 0 bridgehead atoms. The van der Waals surface area contributed by atoms with Gasteiger partial charge >= 0.3 is 0 Å². The summed E-state index contributed by atoms with van der Waals surface area (Å²) in [6.45, 7) is 3.88. The molecule has 0 radical (unpaired) electrons. The van der Waals surface area contributed by atoms with E-state index in [1.54, 1.807) is 0 Å². The van der Waals surface area contributed by atoms with Crippen LogP contribution in [0.2, 0.25) is 0 Å². The number of carbonyl (C=O) groups is 1. The minimum Gasteiger partial charge on any atom is -0.441 e. The zero-order valence-electron chi connectivity index (χ0n) is 11.3. The molecule has 0 saturated carbocycles. The quantitative estimate of drug-likeness (QED) is 0.866. The first-order valence-corrected chi connectivity index (χ1v) is 6.53. The van der Waals surface area contributed by atoms with Gasteiger partial charge in [-0.25, -0.2) is 4.98 Å². The van der Waals surface area contributed by atoms with E-state index in [2.05, 4.69) is 10.3 Å². The average Bonchev–Trinajstić information content (AvgIpc) is 2.78. The van der Waals surface area contributed by atoms with Gasteiger partial charge in [0, 0.05) is 24.6 Å². The third-order valence-electron chi connectivity index (χ3n) is 2.84. The van der Waals surface area contributed by atoms with E-state index in [9.17, 15) is 4.79 Å². The van der Waals surface area contributed by atoms with Crippen LogP contribution in [0.25, 0.3) is 11.1 Å². The molecule has 1 unspecified atom stereocenters. The van der Waals surface area contributed by atoms with Crippen LogP contribution in [-0.4, -0.2) is 16.9 Å². The summed E-state index contributed by atoms with van der Waals surface area (Å²) in [5.74, 6) is 0.672. The standard InChI is InChI=1S/C14H19N3O2/c1-3-14-17-11-8-10(5-6-12(11)19-14)16-13(18)7-4-9(2)15/h5-6,8-9H,3-4,7,15H2,1-2H3,(H,16,18). The molecule has 3 N–H and O–H groups in total. The maximum absolute atomic E-state index is 11.7. The third-order valence-corrected chi connectivity index (χ3v) is 2.84. The largest absolute Gasteiger partial charge is 0.441 e. The first kappa shape index (κ1) is 13.5. The Hall–Kier alpha value is -1.88. The second-order valence-corrected chi connectivity index (χ2v) is 4.71. The van der Waals surface area contributed by atoms with Gasteiger partial charge < -0.3 is 15.5 Å². The molecule has 0 aliphatic rings. The van der Waals surface area contributed by atoms with Gasteiger partial charge in [0.05, 0.1) is 0 Å². The topological polar surface area (TPSA) is 81.2 Å². The van der Waals surface area contributed by atoms with E-state index in [-0.39, 0.29) is 11.9 Å². The molecule has 5 nitrogen and oxygen atoms in total. The van der Waals surface area contributed by atoms with Crippen LogP contribution in [-0.2, 0) is 11.2 Å². The van der Waals surface area contributed by atoms with Crippen LogP contribution in [0.15, 0.2) is 22.6 Å². The van der Waals surface area contributed by atoms with Crippen molar-refractivity contribution in [2.24, 2.45) is 5.73 Å². The molecule has 0 aliphatic carbocycles. The molecular weight excluding hydrogens is 242 g/mol. The molecule has 0 fully saturated rings. The summed E-state index contributed by atoms with van der Waals surface area (Å²) in [4.78, 5) is 16.0. The fourth-order valence-electron chi connectivity index (χ4n) is 1.79. The Balaban J connectivity index is 2.06. The predicted molar refractivity (Wildman–Crippen MR) is 74.9 cm³/mol. The van der Waals surface area contributed by atoms with E-state index < -0.39 is 0 Å². The number of carbonyl (C=O) groups excluding carboxylic acids is 1. The molecule has 1 heterocycles. The Kier molecular flexibility index (Phi) is 4.16. The number of aryl methyl sites for hydroxylation is 1. The zero-order valence-corrected chi connectivity index (χ0v) is 11.3. The minimum atomic E-state index is -0.0316. The van der Waals surface area contributed by atoms with E-state index >= 15 is 0 Å². The second-order valence-electron chi connectivity index (χ2n) is 4.71. The van der Waals surface area contributed by atoms with Crippen molar-refractivity contribution in [2.75, 3.05) is 5.32 Å². The van der Waals surface area contributed by atoms with E-state index in [1.807, 2.05) is 32.0 Å². The summed E-state index contributed by atoms with van der Waals surface area (Å²) in [6.07, 6.45) is 1.86. The number of hydrogen-bond donors (Lipinski definition) is 2. The van der Waals surface area contributed by atoms with E-state index in [1.165, 1.54) is 0 Å². The number of amides is 1. The molecule has 1 aromatic carbocycles. The maximum atomic E-state index is 11.7. The number of hydrogen-bond acceptors (Lipinski definition) is 4. The van der Waals surface area contributed by atoms with Gasteiger partial charge in [0.1, 0.15) is 5.52 Å². The van der Waals surface area contributed by atoms with Gasteiger partial charge in [-0.15, -0.1) is 0 Å². The first-order chi connectivity index (χ1) is 9.08. The van der Waals surface area contributed by atoms with Gasteiger partial charge in [-0.2, -0.15) is 0 Å². The van der Waals surface area contributed by atoms with E-state index in [0.29, 0.717) is 18.7 Å². The Morgan fingerprint density at radius 3 is 3.00 bits per heavy atom. The summed E-state index contributed by atoms with van der Waals surface area (Å²) in [5, 5.41) is 2.84. The van der Waals surface area contributed by atoms with Crippen LogP contribution in [0.5, 0.6) is 0 Å². The highest BCUT2D eigenvalue weighted by atomic mass is 16.3. The number of benzene rings is 1. The molecule has 2 aromatic rings. The minimum absolute atomic E-state index is 0.0316. The number of oxazole rings is 1. The molecule has 0 saturated heterocycles. The Labute approximate surface area is 112 Å². The highest BCUT2D eigenvalue weighted by Crippen LogP contribution is 2.20. The lowest BCUT2D eigenvalue weighted by Gasteiger charge is -2.06. The van der Waals surface area contributed by atoms with Gasteiger partial charge in [-0.3, -0.25) is 4.79 Å². The van der Waals surface area contributed by atoms with Crippen LogP contribution in [0.4, 0.5) is 5.69 Å². The molecule has 1 aromatic heterocycles. The maximum Gasteiger partial charge on any atom is 0.224 e. The molecular formula is C14H19N3O2. The van der Waals surface area contributed by atoms with Crippen molar-refractivity contribution in [1.29, 1.82) is 0 Å². The summed E-state index contributed by atoms with van der Waals surface area (Å²) in [7, 11) is 0. The number of nitrogens with one attached hydrogen (secondary N) is 1. The normalized spacial score (nSPS) is 12.6. The lowest BCUT2D eigenvalue weighted by atomic mass is 10.2. The fourth-order valence-corrected chi connectivity index (χ4v) is 1.79. The third kappa shape index (κ3) is 3.54. The van der Waals surface area contributed by atoms with Gasteiger partial charge in [0.2, 0.25) is 5.91 Å². The number of anilines is 1. The first-order valence-electron chi connectivity index (χ1n) is 6.53. The number of rotatable bonds is 5. The summed E-state index contributed by atoms with van der Waals surface area (Å²) in [5.41, 5.74) is 7.87. The smallest absolute Gasteiger partial charge is 0.224 e. The van der Waals surface area contributed by atoms with Crippen molar-refractivity contribution in [3.63, 3.8) is 0 Å². The molecule has 1 amide bonds. The predicted octanol–water partition coefficient (Wildman–Crippen LogP) is 2.46. The van der Waals surface area contributed by atoms with Crippen molar-refractivity contribution in [2.45, 2.75) is 39.2 Å². The molecule has 102 valence electrons. The number of aromatic nitrogens is 1. The van der Waals surface area contributed by atoms with Crippen LogP contribution in [0.1, 0.15) is 32.6 Å².